The second-order valence-corrected chi connectivity index (χ2v) is 6.78. The number of carbonyl (C=O) groups is 1. The summed E-state index contributed by atoms with van der Waals surface area (Å²) in [5.74, 6) is 0.789. The lowest BCUT2D eigenvalue weighted by Crippen LogP contribution is -2.47. The fraction of sp³-hybridized carbons (Fsp3) is 0.923. The zero-order valence-corrected chi connectivity index (χ0v) is 12.6. The highest BCUT2D eigenvalue weighted by molar-refractivity contribution is 9.10. The minimum atomic E-state index is -0.697. The Bertz CT molecular complexity index is 270. The minimum absolute atomic E-state index is 0.0216. The quantitative estimate of drug-likeness (QED) is 0.784. The van der Waals surface area contributed by atoms with Gasteiger partial charge in [-0.25, -0.2) is 0 Å². The maximum Gasteiger partial charge on any atom is 0.234 e. The molecule has 0 saturated heterocycles. The zero-order chi connectivity index (χ0) is 13.1. The van der Waals surface area contributed by atoms with Crippen molar-refractivity contribution in [2.45, 2.75) is 56.9 Å². The Hall–Kier alpha value is -0.0900. The Kier molecular flexibility index (Phi) is 5.45. The van der Waals surface area contributed by atoms with Crippen LogP contribution in [-0.2, 0) is 4.79 Å². The molecule has 100 valence electrons. The molecule has 4 heteroatoms. The van der Waals surface area contributed by atoms with Crippen LogP contribution in [0.1, 0.15) is 46.5 Å². The minimum Gasteiger partial charge on any atom is -0.388 e. The molecule has 0 aromatic carbocycles. The van der Waals surface area contributed by atoms with Gasteiger partial charge < -0.3 is 10.4 Å². The van der Waals surface area contributed by atoms with Crippen molar-refractivity contribution < 1.29 is 9.90 Å². The molecule has 0 heterocycles. The fourth-order valence-electron chi connectivity index (χ4n) is 2.44. The molecule has 3 atom stereocenters. The largest absolute Gasteiger partial charge is 0.388 e. The van der Waals surface area contributed by atoms with E-state index in [1.54, 1.807) is 0 Å². The summed E-state index contributed by atoms with van der Waals surface area (Å²) < 4.78 is 0. The van der Waals surface area contributed by atoms with Gasteiger partial charge in [-0.1, -0.05) is 49.5 Å². The summed E-state index contributed by atoms with van der Waals surface area (Å²) in [6.45, 7) is 6.53. The smallest absolute Gasteiger partial charge is 0.234 e. The first-order valence-corrected chi connectivity index (χ1v) is 7.40. The first-order valence-electron chi connectivity index (χ1n) is 6.48. The van der Waals surface area contributed by atoms with Crippen LogP contribution < -0.4 is 5.32 Å². The van der Waals surface area contributed by atoms with E-state index in [0.717, 1.165) is 19.3 Å². The molecule has 1 fully saturated rings. The maximum absolute atomic E-state index is 11.8. The number of halogens is 1. The van der Waals surface area contributed by atoms with Gasteiger partial charge in [0.15, 0.2) is 0 Å². The van der Waals surface area contributed by atoms with Gasteiger partial charge in [-0.2, -0.15) is 0 Å². The summed E-state index contributed by atoms with van der Waals surface area (Å²) in [6.07, 6.45) is 3.83. The lowest BCUT2D eigenvalue weighted by atomic mass is 9.79. The van der Waals surface area contributed by atoms with Crippen molar-refractivity contribution in [3.05, 3.63) is 0 Å². The van der Waals surface area contributed by atoms with Crippen LogP contribution in [0.2, 0.25) is 0 Å². The van der Waals surface area contributed by atoms with E-state index < -0.39 is 5.60 Å². The molecule has 1 rings (SSSR count). The molecular weight excluding hydrogens is 282 g/mol. The molecule has 3 nitrogen and oxygen atoms in total. The van der Waals surface area contributed by atoms with Gasteiger partial charge >= 0.3 is 0 Å². The highest BCUT2D eigenvalue weighted by Gasteiger charge is 2.33. The maximum atomic E-state index is 11.8. The number of rotatable bonds is 4. The second-order valence-electron chi connectivity index (χ2n) is 5.79. The third-order valence-corrected chi connectivity index (χ3v) is 4.97. The van der Waals surface area contributed by atoms with Crippen molar-refractivity contribution >= 4 is 21.8 Å². The number of hydrogen-bond donors (Lipinski definition) is 2. The molecular formula is C13H24BrNO2. The van der Waals surface area contributed by atoms with Gasteiger partial charge in [-0.05, 0) is 24.7 Å². The molecule has 0 radical (unpaired) electrons. The van der Waals surface area contributed by atoms with Crippen molar-refractivity contribution in [2.75, 3.05) is 6.54 Å². The summed E-state index contributed by atoms with van der Waals surface area (Å²) in [5.41, 5.74) is -0.697. The van der Waals surface area contributed by atoms with E-state index in [-0.39, 0.29) is 16.7 Å². The van der Waals surface area contributed by atoms with Crippen LogP contribution in [0.25, 0.3) is 0 Å². The van der Waals surface area contributed by atoms with E-state index in [9.17, 15) is 9.90 Å². The average Bonchev–Trinajstić information content (AvgIpc) is 2.24. The lowest BCUT2D eigenvalue weighted by Gasteiger charge is -2.35. The Morgan fingerprint density at radius 2 is 2.24 bits per heavy atom. The molecule has 3 unspecified atom stereocenters. The second kappa shape index (κ2) is 6.19. The van der Waals surface area contributed by atoms with Gasteiger partial charge in [0.1, 0.15) is 0 Å². The molecule has 17 heavy (non-hydrogen) atoms. The van der Waals surface area contributed by atoms with Crippen molar-refractivity contribution in [2.24, 2.45) is 11.8 Å². The molecule has 1 saturated carbocycles. The van der Waals surface area contributed by atoms with E-state index in [1.165, 1.54) is 6.42 Å². The first-order chi connectivity index (χ1) is 7.84. The monoisotopic (exact) mass is 305 g/mol. The van der Waals surface area contributed by atoms with Crippen LogP contribution in [0.3, 0.4) is 0 Å². The van der Waals surface area contributed by atoms with E-state index in [4.69, 9.17) is 0 Å². The van der Waals surface area contributed by atoms with E-state index in [0.29, 0.717) is 12.5 Å². The lowest BCUT2D eigenvalue weighted by molar-refractivity contribution is -0.123. The normalized spacial score (nSPS) is 31.3. The highest BCUT2D eigenvalue weighted by atomic mass is 79.9. The third kappa shape index (κ3) is 4.59. The van der Waals surface area contributed by atoms with Crippen LogP contribution in [0.5, 0.6) is 0 Å². The number of aliphatic hydroxyl groups is 1. The number of hydrogen-bond acceptors (Lipinski definition) is 2. The average molecular weight is 306 g/mol. The zero-order valence-electron chi connectivity index (χ0n) is 11.0. The summed E-state index contributed by atoms with van der Waals surface area (Å²) in [7, 11) is 0. The number of amides is 1. The van der Waals surface area contributed by atoms with Gasteiger partial charge in [0.25, 0.3) is 0 Å². The van der Waals surface area contributed by atoms with Crippen LogP contribution in [0.15, 0.2) is 0 Å². The van der Waals surface area contributed by atoms with Gasteiger partial charge in [0, 0.05) is 6.54 Å². The van der Waals surface area contributed by atoms with Crippen molar-refractivity contribution in [1.29, 1.82) is 0 Å². The van der Waals surface area contributed by atoms with Crippen LogP contribution in [0.4, 0.5) is 0 Å². The summed E-state index contributed by atoms with van der Waals surface area (Å²) in [4.78, 5) is 11.6. The SMILES string of the molecule is CC1CCCC(O)(CNC(=O)C(Br)C(C)C)C1. The van der Waals surface area contributed by atoms with Crippen molar-refractivity contribution in [3.63, 3.8) is 0 Å². The first kappa shape index (κ1) is 15.0. The molecule has 1 amide bonds. The Morgan fingerprint density at radius 1 is 1.59 bits per heavy atom. The van der Waals surface area contributed by atoms with E-state index >= 15 is 0 Å². The van der Waals surface area contributed by atoms with Crippen molar-refractivity contribution in [3.8, 4) is 0 Å². The van der Waals surface area contributed by atoms with E-state index in [1.807, 2.05) is 13.8 Å². The number of carbonyl (C=O) groups excluding carboxylic acids is 1. The van der Waals surface area contributed by atoms with E-state index in [2.05, 4.69) is 28.2 Å². The van der Waals surface area contributed by atoms with Gasteiger partial charge in [0.2, 0.25) is 5.91 Å². The molecule has 0 aliphatic heterocycles. The predicted octanol–water partition coefficient (Wildman–Crippen LogP) is 2.46. The molecule has 1 aliphatic carbocycles. The fourth-order valence-corrected chi connectivity index (χ4v) is 2.61. The van der Waals surface area contributed by atoms with Gasteiger partial charge in [0.05, 0.1) is 10.4 Å². The summed E-state index contributed by atoms with van der Waals surface area (Å²) in [6, 6.07) is 0. The third-order valence-electron chi connectivity index (χ3n) is 3.49. The Labute approximate surface area is 112 Å². The highest BCUT2D eigenvalue weighted by Crippen LogP contribution is 2.31. The predicted molar refractivity (Wildman–Crippen MR) is 73.1 cm³/mol. The Morgan fingerprint density at radius 3 is 2.76 bits per heavy atom. The van der Waals surface area contributed by atoms with Crippen LogP contribution in [0, 0.1) is 11.8 Å². The van der Waals surface area contributed by atoms with Gasteiger partial charge in [-0.15, -0.1) is 0 Å². The van der Waals surface area contributed by atoms with Crippen LogP contribution in [-0.4, -0.2) is 28.0 Å². The topological polar surface area (TPSA) is 49.3 Å². The molecule has 2 N–H and O–H groups in total. The summed E-state index contributed by atoms with van der Waals surface area (Å²) >= 11 is 3.37. The molecule has 0 aromatic rings. The van der Waals surface area contributed by atoms with Crippen molar-refractivity contribution in [1.82, 2.24) is 5.32 Å². The molecule has 1 aliphatic rings. The Balaban J connectivity index is 2.41. The van der Waals surface area contributed by atoms with Gasteiger partial charge in [-0.3, -0.25) is 4.79 Å². The number of alkyl halides is 1. The summed E-state index contributed by atoms with van der Waals surface area (Å²) in [5, 5.41) is 13.2. The molecule has 0 spiro atoms. The standard InChI is InChI=1S/C13H24BrNO2/c1-9(2)11(14)12(16)15-8-13(17)6-4-5-10(3)7-13/h9-11,17H,4-8H2,1-3H3,(H,15,16). The number of nitrogens with one attached hydrogen (secondary N) is 1. The molecule has 0 aromatic heterocycles. The van der Waals surface area contributed by atoms with Crippen LogP contribution >= 0.6 is 15.9 Å². The molecule has 0 bridgehead atoms.